The van der Waals surface area contributed by atoms with Crippen molar-refractivity contribution >= 4 is 11.8 Å². The van der Waals surface area contributed by atoms with Crippen LogP contribution in [-0.2, 0) is 14.3 Å². The van der Waals surface area contributed by atoms with E-state index in [9.17, 15) is 9.59 Å². The number of hydrogen-bond acceptors (Lipinski definition) is 3. The number of benzene rings is 1. The Balaban J connectivity index is 2.04. The van der Waals surface area contributed by atoms with Crippen LogP contribution in [0.3, 0.4) is 0 Å². The summed E-state index contributed by atoms with van der Waals surface area (Å²) in [6.07, 6.45) is 4.45. The van der Waals surface area contributed by atoms with E-state index in [2.05, 4.69) is 0 Å². The van der Waals surface area contributed by atoms with Gasteiger partial charge in [-0.15, -0.1) is 0 Å². The maximum Gasteiger partial charge on any atom is 0.322 e. The van der Waals surface area contributed by atoms with E-state index in [1.165, 1.54) is 0 Å². The van der Waals surface area contributed by atoms with Crippen LogP contribution in [0.4, 0.5) is 0 Å². The Morgan fingerprint density at radius 2 is 1.57 bits per heavy atom. The molecule has 0 radical (unpaired) electrons. The van der Waals surface area contributed by atoms with Crippen LogP contribution < -0.4 is 0 Å². The van der Waals surface area contributed by atoms with E-state index in [4.69, 9.17) is 4.74 Å². The second-order valence-electron chi connectivity index (χ2n) is 6.59. The van der Waals surface area contributed by atoms with Crippen LogP contribution >= 0.6 is 0 Å². The third-order valence-corrected chi connectivity index (χ3v) is 4.93. The molecule has 1 spiro atoms. The quantitative estimate of drug-likeness (QED) is 0.586. The molecular formula is C18H22O3. The largest absolute Gasteiger partial charge is 0.450 e. The molecule has 1 aliphatic heterocycles. The molecule has 1 aromatic rings. The van der Waals surface area contributed by atoms with Gasteiger partial charge in [-0.05, 0) is 63.1 Å². The van der Waals surface area contributed by atoms with Gasteiger partial charge in [0.15, 0.2) is 11.4 Å². The summed E-state index contributed by atoms with van der Waals surface area (Å²) in [7, 11) is 0. The van der Waals surface area contributed by atoms with Crippen LogP contribution in [0.2, 0.25) is 0 Å². The molecule has 1 atom stereocenters. The van der Waals surface area contributed by atoms with Crippen molar-refractivity contribution in [3.05, 3.63) is 34.4 Å². The third-order valence-electron chi connectivity index (χ3n) is 4.93. The van der Waals surface area contributed by atoms with E-state index in [0.717, 1.165) is 41.5 Å². The van der Waals surface area contributed by atoms with Gasteiger partial charge in [0, 0.05) is 0 Å². The first-order chi connectivity index (χ1) is 9.94. The first kappa shape index (κ1) is 14.3. The Morgan fingerprint density at radius 1 is 1.00 bits per heavy atom. The van der Waals surface area contributed by atoms with Crippen molar-refractivity contribution in [2.45, 2.75) is 64.4 Å². The van der Waals surface area contributed by atoms with Gasteiger partial charge in [0.1, 0.15) is 5.92 Å². The number of Topliss-reactive ketones (excluding diaryl/α,β-unsaturated/α-hetero) is 1. The van der Waals surface area contributed by atoms with E-state index in [0.29, 0.717) is 12.8 Å². The normalized spacial score (nSPS) is 24.4. The first-order valence-electron chi connectivity index (χ1n) is 7.79. The molecule has 3 rings (SSSR count). The van der Waals surface area contributed by atoms with Crippen molar-refractivity contribution in [2.24, 2.45) is 0 Å². The number of rotatable bonds is 1. The lowest BCUT2D eigenvalue weighted by Crippen LogP contribution is -2.39. The van der Waals surface area contributed by atoms with Gasteiger partial charge in [0.2, 0.25) is 0 Å². The molecule has 3 nitrogen and oxygen atoms in total. The number of carbonyl (C=O) groups excluding carboxylic acids is 2. The van der Waals surface area contributed by atoms with Gasteiger partial charge < -0.3 is 4.74 Å². The standard InChI is InChI=1S/C18H22O3/c1-11-9-12(2)14(13(3)10-11)15-16(19)18(21-17(15)20)7-5-4-6-8-18/h9-10,15H,4-8H2,1-3H3. The van der Waals surface area contributed by atoms with Gasteiger partial charge in [-0.2, -0.15) is 0 Å². The Labute approximate surface area is 125 Å². The molecule has 1 saturated carbocycles. The monoisotopic (exact) mass is 286 g/mol. The molecule has 1 aliphatic carbocycles. The number of carbonyl (C=O) groups is 2. The molecule has 1 unspecified atom stereocenters. The lowest BCUT2D eigenvalue weighted by Gasteiger charge is -2.30. The number of hydrogen-bond donors (Lipinski definition) is 0. The predicted molar refractivity (Wildman–Crippen MR) is 80.3 cm³/mol. The minimum Gasteiger partial charge on any atom is -0.450 e. The summed E-state index contributed by atoms with van der Waals surface area (Å²) in [5.41, 5.74) is 3.20. The average molecular weight is 286 g/mol. The van der Waals surface area contributed by atoms with Crippen molar-refractivity contribution in [2.75, 3.05) is 0 Å². The highest BCUT2D eigenvalue weighted by Gasteiger charge is 2.56. The van der Waals surface area contributed by atoms with Crippen LogP contribution in [0, 0.1) is 20.8 Å². The molecule has 3 heteroatoms. The minimum absolute atomic E-state index is 0.0118. The summed E-state index contributed by atoms with van der Waals surface area (Å²) in [6.45, 7) is 5.98. The van der Waals surface area contributed by atoms with Gasteiger partial charge >= 0.3 is 5.97 Å². The molecule has 2 fully saturated rings. The van der Waals surface area contributed by atoms with Gasteiger partial charge in [-0.1, -0.05) is 24.1 Å². The van der Waals surface area contributed by atoms with E-state index in [1.807, 2.05) is 32.9 Å². The molecular weight excluding hydrogens is 264 g/mol. The SMILES string of the molecule is Cc1cc(C)c(C2C(=O)OC3(CCCCC3)C2=O)c(C)c1. The van der Waals surface area contributed by atoms with Crippen molar-refractivity contribution < 1.29 is 14.3 Å². The fourth-order valence-electron chi connectivity index (χ4n) is 4.04. The summed E-state index contributed by atoms with van der Waals surface area (Å²) in [5.74, 6) is -1.08. The number of esters is 1. The van der Waals surface area contributed by atoms with Gasteiger partial charge in [-0.3, -0.25) is 9.59 Å². The number of ketones is 1. The van der Waals surface area contributed by atoms with Crippen LogP contribution in [-0.4, -0.2) is 17.4 Å². The highest BCUT2D eigenvalue weighted by molar-refractivity contribution is 6.14. The highest BCUT2D eigenvalue weighted by atomic mass is 16.6. The second kappa shape index (κ2) is 4.97. The minimum atomic E-state index is -0.830. The number of ether oxygens (including phenoxy) is 1. The molecule has 1 heterocycles. The van der Waals surface area contributed by atoms with E-state index in [-0.39, 0.29) is 11.8 Å². The summed E-state index contributed by atoms with van der Waals surface area (Å²) in [6, 6.07) is 4.07. The molecule has 21 heavy (non-hydrogen) atoms. The molecule has 0 amide bonds. The fraction of sp³-hybridized carbons (Fsp3) is 0.556. The first-order valence-corrected chi connectivity index (χ1v) is 7.79. The summed E-state index contributed by atoms with van der Waals surface area (Å²) >= 11 is 0. The van der Waals surface area contributed by atoms with E-state index < -0.39 is 11.5 Å². The Hall–Kier alpha value is -1.64. The van der Waals surface area contributed by atoms with Gasteiger partial charge in [0.05, 0.1) is 0 Å². The van der Waals surface area contributed by atoms with Gasteiger partial charge in [-0.25, -0.2) is 0 Å². The zero-order chi connectivity index (χ0) is 15.2. The van der Waals surface area contributed by atoms with Crippen molar-refractivity contribution in [1.29, 1.82) is 0 Å². The molecule has 112 valence electrons. The topological polar surface area (TPSA) is 43.4 Å². The van der Waals surface area contributed by atoms with Crippen LogP contribution in [0.15, 0.2) is 12.1 Å². The maximum absolute atomic E-state index is 12.9. The molecule has 0 bridgehead atoms. The smallest absolute Gasteiger partial charge is 0.322 e. The summed E-state index contributed by atoms with van der Waals surface area (Å²) < 4.78 is 5.62. The summed E-state index contributed by atoms with van der Waals surface area (Å²) in [5, 5.41) is 0. The zero-order valence-electron chi connectivity index (χ0n) is 13.0. The third kappa shape index (κ3) is 2.19. The van der Waals surface area contributed by atoms with E-state index >= 15 is 0 Å². The Morgan fingerprint density at radius 3 is 2.14 bits per heavy atom. The van der Waals surface area contributed by atoms with Crippen molar-refractivity contribution in [1.82, 2.24) is 0 Å². The zero-order valence-corrected chi connectivity index (χ0v) is 13.0. The molecule has 2 aliphatic rings. The van der Waals surface area contributed by atoms with Crippen LogP contribution in [0.25, 0.3) is 0 Å². The number of aryl methyl sites for hydroxylation is 3. The Bertz CT molecular complexity index is 586. The lowest BCUT2D eigenvalue weighted by atomic mass is 9.76. The Kier molecular flexibility index (Phi) is 3.39. The lowest BCUT2D eigenvalue weighted by molar-refractivity contribution is -0.154. The van der Waals surface area contributed by atoms with E-state index in [1.54, 1.807) is 0 Å². The van der Waals surface area contributed by atoms with Crippen molar-refractivity contribution in [3.63, 3.8) is 0 Å². The van der Waals surface area contributed by atoms with Gasteiger partial charge in [0.25, 0.3) is 0 Å². The average Bonchev–Trinajstić information content (AvgIpc) is 2.63. The van der Waals surface area contributed by atoms with Crippen LogP contribution in [0.5, 0.6) is 0 Å². The predicted octanol–water partition coefficient (Wildman–Crippen LogP) is 3.52. The fourth-order valence-corrected chi connectivity index (χ4v) is 4.04. The maximum atomic E-state index is 12.9. The van der Waals surface area contributed by atoms with Crippen LogP contribution in [0.1, 0.15) is 60.3 Å². The highest BCUT2D eigenvalue weighted by Crippen LogP contribution is 2.44. The summed E-state index contributed by atoms with van der Waals surface area (Å²) in [4.78, 5) is 25.3. The van der Waals surface area contributed by atoms with Crippen molar-refractivity contribution in [3.8, 4) is 0 Å². The molecule has 1 aromatic carbocycles. The molecule has 1 saturated heterocycles. The molecule has 0 aromatic heterocycles. The second-order valence-corrected chi connectivity index (χ2v) is 6.59. The molecule has 0 N–H and O–H groups in total.